The highest BCUT2D eigenvalue weighted by atomic mass is 35.5. The lowest BCUT2D eigenvalue weighted by molar-refractivity contribution is 0.101. The molecule has 0 aliphatic carbocycles. The molecule has 5 heteroatoms. The Morgan fingerprint density at radius 1 is 1.43 bits per heavy atom. The van der Waals surface area contributed by atoms with Gasteiger partial charge in [0.15, 0.2) is 5.78 Å². The van der Waals surface area contributed by atoms with Crippen LogP contribution in [0.5, 0.6) is 0 Å². The van der Waals surface area contributed by atoms with Crippen LogP contribution in [0.25, 0.3) is 0 Å². The van der Waals surface area contributed by atoms with Gasteiger partial charge in [0.1, 0.15) is 5.82 Å². The number of ketones is 1. The van der Waals surface area contributed by atoms with Gasteiger partial charge in [0.2, 0.25) is 0 Å². The first-order valence-electron chi connectivity index (χ1n) is 3.71. The van der Waals surface area contributed by atoms with Crippen LogP contribution in [-0.4, -0.2) is 5.78 Å². The Morgan fingerprint density at radius 3 is 2.43 bits per heavy atom. The van der Waals surface area contributed by atoms with Crippen LogP contribution >= 0.6 is 11.6 Å². The summed E-state index contributed by atoms with van der Waals surface area (Å²) in [7, 11) is 0. The van der Waals surface area contributed by atoms with Gasteiger partial charge in [-0.1, -0.05) is 11.6 Å². The van der Waals surface area contributed by atoms with E-state index in [9.17, 15) is 18.0 Å². The van der Waals surface area contributed by atoms with E-state index in [0.29, 0.717) is 0 Å². The third-order valence-corrected chi connectivity index (χ3v) is 1.90. The Morgan fingerprint density at radius 2 is 2.00 bits per heavy atom. The minimum Gasteiger partial charge on any atom is -0.294 e. The number of Topliss-reactive ketones (excluding diaryl/α,β-unsaturated/α-hetero) is 1. The summed E-state index contributed by atoms with van der Waals surface area (Å²) in [6.45, 7) is 1.09. The standard InChI is InChI=1S/C9H6ClF3O/c1-4(14)6-2-5(10)3-7(8(6)11)9(12)13/h2-3,9H,1H3. The van der Waals surface area contributed by atoms with Crippen molar-refractivity contribution in [2.45, 2.75) is 13.3 Å². The third kappa shape index (κ3) is 2.07. The maximum atomic E-state index is 13.2. The molecule has 0 amide bonds. The lowest BCUT2D eigenvalue weighted by Crippen LogP contribution is -2.02. The van der Waals surface area contributed by atoms with Gasteiger partial charge in [-0.3, -0.25) is 4.79 Å². The molecule has 14 heavy (non-hydrogen) atoms. The van der Waals surface area contributed by atoms with Crippen LogP contribution in [0.1, 0.15) is 29.3 Å². The van der Waals surface area contributed by atoms with Crippen molar-refractivity contribution in [3.8, 4) is 0 Å². The van der Waals surface area contributed by atoms with Crippen LogP contribution in [0.15, 0.2) is 12.1 Å². The van der Waals surface area contributed by atoms with Gasteiger partial charge in [-0.25, -0.2) is 13.2 Å². The topological polar surface area (TPSA) is 17.1 Å². The summed E-state index contributed by atoms with van der Waals surface area (Å²) in [6, 6.07) is 1.85. The molecule has 1 aromatic rings. The van der Waals surface area contributed by atoms with Crippen molar-refractivity contribution in [1.29, 1.82) is 0 Å². The summed E-state index contributed by atoms with van der Waals surface area (Å²) in [6.07, 6.45) is -2.98. The van der Waals surface area contributed by atoms with Crippen molar-refractivity contribution in [2.24, 2.45) is 0 Å². The van der Waals surface area contributed by atoms with Crippen LogP contribution in [0, 0.1) is 5.82 Å². The number of carbonyl (C=O) groups excluding carboxylic acids is 1. The average molecular weight is 223 g/mol. The summed E-state index contributed by atoms with van der Waals surface area (Å²) in [4.78, 5) is 10.8. The summed E-state index contributed by atoms with van der Waals surface area (Å²) < 4.78 is 37.7. The molecule has 76 valence electrons. The first kappa shape index (κ1) is 11.0. The highest BCUT2D eigenvalue weighted by molar-refractivity contribution is 6.31. The fraction of sp³-hybridized carbons (Fsp3) is 0.222. The summed E-state index contributed by atoms with van der Waals surface area (Å²) in [5, 5.41) is -0.0769. The predicted molar refractivity (Wildman–Crippen MR) is 46.4 cm³/mol. The number of benzene rings is 1. The van der Waals surface area contributed by atoms with Gasteiger partial charge in [0, 0.05) is 5.02 Å². The van der Waals surface area contributed by atoms with Gasteiger partial charge in [-0.05, 0) is 19.1 Å². The molecular formula is C9H6ClF3O. The lowest BCUT2D eigenvalue weighted by atomic mass is 10.1. The molecule has 0 spiro atoms. The van der Waals surface area contributed by atoms with Gasteiger partial charge in [0.25, 0.3) is 6.43 Å². The molecule has 1 aromatic carbocycles. The zero-order valence-corrected chi connectivity index (χ0v) is 7.91. The van der Waals surface area contributed by atoms with Gasteiger partial charge < -0.3 is 0 Å². The summed E-state index contributed by atoms with van der Waals surface area (Å²) in [5.41, 5.74) is -1.25. The molecule has 0 atom stereocenters. The molecule has 0 aliphatic heterocycles. The Bertz CT molecular complexity index is 377. The smallest absolute Gasteiger partial charge is 0.266 e. The normalized spacial score (nSPS) is 10.7. The quantitative estimate of drug-likeness (QED) is 0.699. The van der Waals surface area contributed by atoms with Crippen LogP contribution in [0.3, 0.4) is 0 Å². The molecule has 0 bridgehead atoms. The van der Waals surface area contributed by atoms with E-state index in [0.717, 1.165) is 19.1 Å². The van der Waals surface area contributed by atoms with E-state index in [4.69, 9.17) is 11.6 Å². The fourth-order valence-electron chi connectivity index (χ4n) is 1.03. The number of hydrogen-bond acceptors (Lipinski definition) is 1. The van der Waals surface area contributed by atoms with Gasteiger partial charge in [-0.15, -0.1) is 0 Å². The molecule has 0 N–H and O–H groups in total. The molecule has 0 aromatic heterocycles. The van der Waals surface area contributed by atoms with E-state index in [1.165, 1.54) is 0 Å². The number of hydrogen-bond donors (Lipinski definition) is 0. The molecule has 1 nitrogen and oxygen atoms in total. The predicted octanol–water partition coefficient (Wildman–Crippen LogP) is 3.62. The molecule has 0 saturated carbocycles. The average Bonchev–Trinajstić information content (AvgIpc) is 2.07. The second-order valence-corrected chi connectivity index (χ2v) is 3.15. The third-order valence-electron chi connectivity index (χ3n) is 1.68. The molecule has 0 saturated heterocycles. The van der Waals surface area contributed by atoms with Gasteiger partial charge >= 0.3 is 0 Å². The number of carbonyl (C=O) groups is 1. The minimum absolute atomic E-state index is 0.0769. The maximum absolute atomic E-state index is 13.2. The Labute approximate surface area is 83.5 Å². The Kier molecular flexibility index (Phi) is 3.16. The van der Waals surface area contributed by atoms with Crippen molar-refractivity contribution in [2.75, 3.05) is 0 Å². The molecule has 0 radical (unpaired) electrons. The molecule has 0 unspecified atom stereocenters. The second-order valence-electron chi connectivity index (χ2n) is 2.71. The first-order chi connectivity index (χ1) is 6.43. The molecule has 1 rings (SSSR count). The van der Waals surface area contributed by atoms with Crippen molar-refractivity contribution in [3.63, 3.8) is 0 Å². The van der Waals surface area contributed by atoms with E-state index >= 15 is 0 Å². The molecule has 0 heterocycles. The van der Waals surface area contributed by atoms with E-state index in [1.807, 2.05) is 0 Å². The minimum atomic E-state index is -2.98. The monoisotopic (exact) mass is 222 g/mol. The van der Waals surface area contributed by atoms with Crippen molar-refractivity contribution < 1.29 is 18.0 Å². The van der Waals surface area contributed by atoms with E-state index in [1.54, 1.807) is 0 Å². The molecule has 0 aliphatic rings. The summed E-state index contributed by atoms with van der Waals surface area (Å²) in [5.74, 6) is -1.83. The lowest BCUT2D eigenvalue weighted by Gasteiger charge is -2.06. The van der Waals surface area contributed by atoms with E-state index in [2.05, 4.69) is 0 Å². The Balaban J connectivity index is 3.40. The van der Waals surface area contributed by atoms with Gasteiger partial charge in [0.05, 0.1) is 11.1 Å². The van der Waals surface area contributed by atoms with E-state index in [-0.39, 0.29) is 5.02 Å². The maximum Gasteiger partial charge on any atom is 0.266 e. The van der Waals surface area contributed by atoms with Crippen LogP contribution in [0.4, 0.5) is 13.2 Å². The molecule has 0 fully saturated rings. The second kappa shape index (κ2) is 4.00. The van der Waals surface area contributed by atoms with Gasteiger partial charge in [-0.2, -0.15) is 0 Å². The largest absolute Gasteiger partial charge is 0.294 e. The zero-order valence-electron chi connectivity index (χ0n) is 7.15. The van der Waals surface area contributed by atoms with Crippen LogP contribution in [-0.2, 0) is 0 Å². The zero-order chi connectivity index (χ0) is 10.9. The van der Waals surface area contributed by atoms with Crippen molar-refractivity contribution >= 4 is 17.4 Å². The van der Waals surface area contributed by atoms with Crippen LogP contribution in [0.2, 0.25) is 5.02 Å². The SMILES string of the molecule is CC(=O)c1cc(Cl)cc(C(F)F)c1F. The number of rotatable bonds is 2. The Hall–Kier alpha value is -1.03. The highest BCUT2D eigenvalue weighted by Gasteiger charge is 2.19. The summed E-state index contributed by atoms with van der Waals surface area (Å²) >= 11 is 5.46. The van der Waals surface area contributed by atoms with E-state index < -0.39 is 29.2 Å². The highest BCUT2D eigenvalue weighted by Crippen LogP contribution is 2.28. The number of halogens is 4. The first-order valence-corrected chi connectivity index (χ1v) is 4.09. The van der Waals surface area contributed by atoms with Crippen molar-refractivity contribution in [1.82, 2.24) is 0 Å². The molecular weight excluding hydrogens is 217 g/mol. The van der Waals surface area contributed by atoms with Crippen LogP contribution < -0.4 is 0 Å². The fourth-order valence-corrected chi connectivity index (χ4v) is 1.25. The number of alkyl halides is 2. The van der Waals surface area contributed by atoms with Crippen molar-refractivity contribution in [3.05, 3.63) is 34.1 Å².